The van der Waals surface area contributed by atoms with E-state index in [1.54, 1.807) is 53.4 Å². The van der Waals surface area contributed by atoms with E-state index >= 15 is 0 Å². The summed E-state index contributed by atoms with van der Waals surface area (Å²) in [4.78, 5) is 14.4. The van der Waals surface area contributed by atoms with Crippen LogP contribution in [0.5, 0.6) is 0 Å². The predicted octanol–water partition coefficient (Wildman–Crippen LogP) is 4.79. The number of furan rings is 1. The van der Waals surface area contributed by atoms with Gasteiger partial charge in [-0.3, -0.25) is 4.79 Å². The number of benzene rings is 2. The molecule has 3 rings (SSSR count). The molecule has 134 valence electrons. The van der Waals surface area contributed by atoms with E-state index in [0.29, 0.717) is 30.0 Å². The molecule has 3 aromatic rings. The van der Waals surface area contributed by atoms with Gasteiger partial charge in [-0.2, -0.15) is 5.26 Å². The van der Waals surface area contributed by atoms with Gasteiger partial charge in [-0.15, -0.1) is 6.58 Å². The van der Waals surface area contributed by atoms with Crippen LogP contribution in [-0.2, 0) is 6.54 Å². The first kappa shape index (κ1) is 18.2. The molecule has 1 amide bonds. The van der Waals surface area contributed by atoms with Gasteiger partial charge in [0.15, 0.2) is 5.76 Å². The van der Waals surface area contributed by atoms with Crippen LogP contribution >= 0.6 is 0 Å². The van der Waals surface area contributed by atoms with Gasteiger partial charge in [0, 0.05) is 18.7 Å². The topological polar surface area (TPSA) is 57.2 Å². The number of nitriles is 1. The summed E-state index contributed by atoms with van der Waals surface area (Å²) in [6.45, 7) is 4.36. The molecule has 0 atom stereocenters. The maximum Gasteiger partial charge on any atom is 0.290 e. The van der Waals surface area contributed by atoms with Gasteiger partial charge >= 0.3 is 0 Å². The minimum Gasteiger partial charge on any atom is -0.451 e. The number of rotatable bonds is 6. The van der Waals surface area contributed by atoms with Crippen molar-refractivity contribution in [1.29, 1.82) is 5.26 Å². The number of carbonyl (C=O) groups is 1. The van der Waals surface area contributed by atoms with Crippen LogP contribution in [0, 0.1) is 17.1 Å². The molecule has 0 saturated carbocycles. The van der Waals surface area contributed by atoms with Gasteiger partial charge in [0.1, 0.15) is 11.6 Å². The molecule has 0 spiro atoms. The highest BCUT2D eigenvalue weighted by atomic mass is 19.1. The molecule has 1 heterocycles. The molecule has 0 radical (unpaired) electrons. The standard InChI is InChI=1S/C22H17FN2O2/c1-2-12-25(15-17-5-3-4-16(13-17)14-24)22(26)21-11-10-20(27-21)18-6-8-19(23)9-7-18/h2-11,13H,1,12,15H2. The average Bonchev–Trinajstić information content (AvgIpc) is 3.18. The number of carbonyl (C=O) groups excluding carboxylic acids is 1. The predicted molar refractivity (Wildman–Crippen MR) is 100 cm³/mol. The summed E-state index contributed by atoms with van der Waals surface area (Å²) in [5.74, 6) is 0.0555. The quantitative estimate of drug-likeness (QED) is 0.594. The Morgan fingerprint density at radius 1 is 1.19 bits per heavy atom. The zero-order valence-electron chi connectivity index (χ0n) is 14.6. The highest BCUT2D eigenvalue weighted by molar-refractivity contribution is 5.92. The van der Waals surface area contributed by atoms with E-state index in [9.17, 15) is 9.18 Å². The van der Waals surface area contributed by atoms with Crippen LogP contribution in [0.3, 0.4) is 0 Å². The first-order chi connectivity index (χ1) is 13.1. The summed E-state index contributed by atoms with van der Waals surface area (Å²) < 4.78 is 18.7. The molecule has 0 aliphatic rings. The second kappa shape index (κ2) is 8.15. The Labute approximate surface area is 156 Å². The summed E-state index contributed by atoms with van der Waals surface area (Å²) in [7, 11) is 0. The van der Waals surface area contributed by atoms with Crippen molar-refractivity contribution < 1.29 is 13.6 Å². The molecule has 5 heteroatoms. The zero-order valence-corrected chi connectivity index (χ0v) is 14.6. The van der Waals surface area contributed by atoms with Crippen molar-refractivity contribution in [3.8, 4) is 17.4 Å². The van der Waals surface area contributed by atoms with E-state index < -0.39 is 0 Å². The van der Waals surface area contributed by atoms with E-state index in [0.717, 1.165) is 5.56 Å². The molecule has 0 fully saturated rings. The Balaban J connectivity index is 1.81. The van der Waals surface area contributed by atoms with Crippen molar-refractivity contribution in [2.75, 3.05) is 6.54 Å². The van der Waals surface area contributed by atoms with Crippen molar-refractivity contribution >= 4 is 5.91 Å². The average molecular weight is 360 g/mol. The number of hydrogen-bond acceptors (Lipinski definition) is 3. The van der Waals surface area contributed by atoms with Crippen molar-refractivity contribution in [3.05, 3.63) is 96.0 Å². The maximum atomic E-state index is 13.1. The van der Waals surface area contributed by atoms with E-state index in [2.05, 4.69) is 12.6 Å². The molecular formula is C22H17FN2O2. The van der Waals surface area contributed by atoms with Crippen molar-refractivity contribution in [2.45, 2.75) is 6.54 Å². The first-order valence-electron chi connectivity index (χ1n) is 8.35. The fourth-order valence-electron chi connectivity index (χ4n) is 2.71. The Kier molecular flexibility index (Phi) is 5.48. The van der Waals surface area contributed by atoms with Crippen LogP contribution in [0.15, 0.2) is 77.7 Å². The summed E-state index contributed by atoms with van der Waals surface area (Å²) >= 11 is 0. The van der Waals surface area contributed by atoms with Crippen LogP contribution in [0.25, 0.3) is 11.3 Å². The molecule has 0 N–H and O–H groups in total. The number of halogens is 1. The van der Waals surface area contributed by atoms with Crippen molar-refractivity contribution in [3.63, 3.8) is 0 Å². The molecule has 0 bridgehead atoms. The molecule has 27 heavy (non-hydrogen) atoms. The Morgan fingerprint density at radius 2 is 1.96 bits per heavy atom. The highest BCUT2D eigenvalue weighted by Gasteiger charge is 2.19. The summed E-state index contributed by atoms with van der Waals surface area (Å²) in [5, 5.41) is 9.03. The lowest BCUT2D eigenvalue weighted by atomic mass is 10.1. The summed E-state index contributed by atoms with van der Waals surface area (Å²) in [6.07, 6.45) is 1.63. The monoisotopic (exact) mass is 360 g/mol. The Hall–Kier alpha value is -3.65. The number of hydrogen-bond donors (Lipinski definition) is 0. The van der Waals surface area contributed by atoms with Gasteiger partial charge < -0.3 is 9.32 Å². The second-order valence-corrected chi connectivity index (χ2v) is 5.96. The Bertz CT molecular complexity index is 1000. The molecule has 2 aromatic carbocycles. The molecule has 0 saturated heterocycles. The minimum atomic E-state index is -0.335. The van der Waals surface area contributed by atoms with Gasteiger partial charge in [0.2, 0.25) is 0 Å². The van der Waals surface area contributed by atoms with E-state index in [1.165, 1.54) is 12.1 Å². The molecular weight excluding hydrogens is 343 g/mol. The summed E-state index contributed by atoms with van der Waals surface area (Å²) in [6, 6.07) is 18.3. The van der Waals surface area contributed by atoms with Gasteiger partial charge in [0.25, 0.3) is 5.91 Å². The van der Waals surface area contributed by atoms with E-state index in [1.807, 2.05) is 6.07 Å². The fourth-order valence-corrected chi connectivity index (χ4v) is 2.71. The third-order valence-corrected chi connectivity index (χ3v) is 4.01. The largest absolute Gasteiger partial charge is 0.451 e. The van der Waals surface area contributed by atoms with Crippen molar-refractivity contribution in [2.24, 2.45) is 0 Å². The highest BCUT2D eigenvalue weighted by Crippen LogP contribution is 2.23. The lowest BCUT2D eigenvalue weighted by molar-refractivity contribution is 0.0731. The molecule has 0 unspecified atom stereocenters. The number of amides is 1. The van der Waals surface area contributed by atoms with Crippen molar-refractivity contribution in [1.82, 2.24) is 4.90 Å². The van der Waals surface area contributed by atoms with Gasteiger partial charge in [-0.1, -0.05) is 18.2 Å². The van der Waals surface area contributed by atoms with Crippen LogP contribution in [-0.4, -0.2) is 17.4 Å². The minimum absolute atomic E-state index is 0.188. The first-order valence-corrected chi connectivity index (χ1v) is 8.35. The summed E-state index contributed by atoms with van der Waals surface area (Å²) in [5.41, 5.74) is 2.07. The molecule has 0 aliphatic carbocycles. The third kappa shape index (κ3) is 4.31. The lowest BCUT2D eigenvalue weighted by Gasteiger charge is -2.20. The molecule has 1 aromatic heterocycles. The van der Waals surface area contributed by atoms with Crippen LogP contribution in [0.2, 0.25) is 0 Å². The van der Waals surface area contributed by atoms with Crippen LogP contribution < -0.4 is 0 Å². The Morgan fingerprint density at radius 3 is 2.67 bits per heavy atom. The lowest BCUT2D eigenvalue weighted by Crippen LogP contribution is -2.30. The van der Waals surface area contributed by atoms with Gasteiger partial charge in [0.05, 0.1) is 11.6 Å². The van der Waals surface area contributed by atoms with E-state index in [4.69, 9.17) is 9.68 Å². The maximum absolute atomic E-state index is 13.1. The third-order valence-electron chi connectivity index (χ3n) is 4.01. The van der Waals surface area contributed by atoms with Gasteiger partial charge in [-0.25, -0.2) is 4.39 Å². The molecule has 4 nitrogen and oxygen atoms in total. The van der Waals surface area contributed by atoms with Crippen LogP contribution in [0.1, 0.15) is 21.7 Å². The van der Waals surface area contributed by atoms with Crippen LogP contribution in [0.4, 0.5) is 4.39 Å². The smallest absolute Gasteiger partial charge is 0.290 e. The number of nitrogens with zero attached hydrogens (tertiary/aromatic N) is 2. The van der Waals surface area contributed by atoms with E-state index in [-0.39, 0.29) is 17.5 Å². The second-order valence-electron chi connectivity index (χ2n) is 5.96. The SMILES string of the molecule is C=CCN(Cc1cccc(C#N)c1)C(=O)c1ccc(-c2ccc(F)cc2)o1. The fraction of sp³-hybridized carbons (Fsp3) is 0.0909. The molecule has 0 aliphatic heterocycles. The zero-order chi connectivity index (χ0) is 19.2. The normalized spacial score (nSPS) is 10.2. The van der Waals surface area contributed by atoms with Gasteiger partial charge in [-0.05, 0) is 54.1 Å².